The third kappa shape index (κ3) is 3.57. The SMILES string of the molecule is O=C(Nc1cccc([N+](=O)[O-])c1)N1CCN(c2nccs2)CC1. The summed E-state index contributed by atoms with van der Waals surface area (Å²) in [4.78, 5) is 30.6. The summed E-state index contributed by atoms with van der Waals surface area (Å²) in [5.74, 6) is 0. The van der Waals surface area contributed by atoms with E-state index in [2.05, 4.69) is 15.2 Å². The van der Waals surface area contributed by atoms with Crippen molar-refractivity contribution in [3.8, 4) is 0 Å². The molecule has 1 aromatic carbocycles. The van der Waals surface area contributed by atoms with Gasteiger partial charge in [-0.05, 0) is 6.07 Å². The quantitative estimate of drug-likeness (QED) is 0.688. The summed E-state index contributed by atoms with van der Waals surface area (Å²) in [5, 5.41) is 16.4. The molecule has 0 spiro atoms. The first kappa shape index (κ1) is 15.2. The Bertz CT molecular complexity index is 698. The zero-order chi connectivity index (χ0) is 16.2. The largest absolute Gasteiger partial charge is 0.345 e. The summed E-state index contributed by atoms with van der Waals surface area (Å²) in [6.07, 6.45) is 1.77. The van der Waals surface area contributed by atoms with E-state index >= 15 is 0 Å². The summed E-state index contributed by atoms with van der Waals surface area (Å²) >= 11 is 1.58. The predicted octanol–water partition coefficient (Wildman–Crippen LogP) is 2.41. The zero-order valence-electron chi connectivity index (χ0n) is 12.2. The van der Waals surface area contributed by atoms with Crippen LogP contribution in [0.15, 0.2) is 35.8 Å². The van der Waals surface area contributed by atoms with Crippen molar-refractivity contribution in [2.45, 2.75) is 0 Å². The summed E-state index contributed by atoms with van der Waals surface area (Å²) in [6, 6.07) is 5.68. The molecule has 0 aliphatic carbocycles. The third-order valence-electron chi connectivity index (χ3n) is 3.56. The van der Waals surface area contributed by atoms with E-state index in [0.717, 1.165) is 18.2 Å². The van der Waals surface area contributed by atoms with Crippen LogP contribution in [0, 0.1) is 10.1 Å². The number of thiazole rings is 1. The predicted molar refractivity (Wildman–Crippen MR) is 88.0 cm³/mol. The highest BCUT2D eigenvalue weighted by Crippen LogP contribution is 2.20. The first-order chi connectivity index (χ1) is 11.1. The van der Waals surface area contributed by atoms with E-state index in [-0.39, 0.29) is 11.7 Å². The molecule has 0 saturated carbocycles. The molecule has 3 rings (SSSR count). The van der Waals surface area contributed by atoms with Gasteiger partial charge in [0.05, 0.1) is 4.92 Å². The second-order valence-corrected chi connectivity index (χ2v) is 5.90. The lowest BCUT2D eigenvalue weighted by Gasteiger charge is -2.34. The van der Waals surface area contributed by atoms with Crippen LogP contribution in [0.2, 0.25) is 0 Å². The number of non-ortho nitro benzene ring substituents is 1. The Hall–Kier alpha value is -2.68. The Labute approximate surface area is 136 Å². The fourth-order valence-corrected chi connectivity index (χ4v) is 3.07. The highest BCUT2D eigenvalue weighted by molar-refractivity contribution is 7.13. The fourth-order valence-electron chi connectivity index (χ4n) is 2.37. The standard InChI is InChI=1S/C14H15N5O3S/c20-13(16-11-2-1-3-12(10-11)19(21)22)17-5-7-18(8-6-17)14-15-4-9-23-14/h1-4,9-10H,5-8H2,(H,16,20). The molecule has 0 bridgehead atoms. The van der Waals surface area contributed by atoms with Crippen molar-refractivity contribution >= 4 is 33.9 Å². The van der Waals surface area contributed by atoms with Crippen molar-refractivity contribution in [1.29, 1.82) is 0 Å². The lowest BCUT2D eigenvalue weighted by atomic mass is 10.3. The molecule has 1 N–H and O–H groups in total. The number of anilines is 2. The Morgan fingerprint density at radius 3 is 2.74 bits per heavy atom. The molecule has 1 aromatic heterocycles. The molecule has 23 heavy (non-hydrogen) atoms. The summed E-state index contributed by atoms with van der Waals surface area (Å²) in [5.41, 5.74) is 0.378. The second kappa shape index (κ2) is 6.61. The van der Waals surface area contributed by atoms with Gasteiger partial charge in [0.15, 0.2) is 5.13 Å². The lowest BCUT2D eigenvalue weighted by Crippen LogP contribution is -2.50. The Morgan fingerprint density at radius 2 is 2.09 bits per heavy atom. The topological polar surface area (TPSA) is 91.6 Å². The van der Waals surface area contributed by atoms with E-state index in [1.807, 2.05) is 5.38 Å². The molecule has 0 unspecified atom stereocenters. The van der Waals surface area contributed by atoms with E-state index in [1.165, 1.54) is 12.1 Å². The average Bonchev–Trinajstić information content (AvgIpc) is 3.09. The summed E-state index contributed by atoms with van der Waals surface area (Å²) < 4.78 is 0. The maximum atomic E-state index is 12.3. The van der Waals surface area contributed by atoms with Gasteiger partial charge in [-0.1, -0.05) is 6.07 Å². The van der Waals surface area contributed by atoms with Gasteiger partial charge in [-0.25, -0.2) is 9.78 Å². The van der Waals surface area contributed by atoms with Crippen LogP contribution in [-0.2, 0) is 0 Å². The minimum atomic E-state index is -0.484. The molecule has 1 aliphatic heterocycles. The van der Waals surface area contributed by atoms with Crippen LogP contribution in [0.4, 0.5) is 21.3 Å². The van der Waals surface area contributed by atoms with Gasteiger partial charge in [0.25, 0.3) is 5.69 Å². The lowest BCUT2D eigenvalue weighted by molar-refractivity contribution is -0.384. The molecule has 1 aliphatic rings. The van der Waals surface area contributed by atoms with E-state index in [9.17, 15) is 14.9 Å². The smallest absolute Gasteiger partial charge is 0.321 e. The van der Waals surface area contributed by atoms with Crippen LogP contribution in [-0.4, -0.2) is 47.0 Å². The number of amides is 2. The van der Waals surface area contributed by atoms with E-state index in [4.69, 9.17) is 0 Å². The highest BCUT2D eigenvalue weighted by Gasteiger charge is 2.22. The van der Waals surface area contributed by atoms with Crippen molar-refractivity contribution in [2.75, 3.05) is 36.4 Å². The zero-order valence-corrected chi connectivity index (χ0v) is 13.0. The number of hydrogen-bond acceptors (Lipinski definition) is 6. The van der Waals surface area contributed by atoms with Crippen LogP contribution in [0.1, 0.15) is 0 Å². The fraction of sp³-hybridized carbons (Fsp3) is 0.286. The van der Waals surface area contributed by atoms with Gasteiger partial charge in [0.2, 0.25) is 0 Å². The Kier molecular flexibility index (Phi) is 4.38. The number of carbonyl (C=O) groups is 1. The van der Waals surface area contributed by atoms with Crippen molar-refractivity contribution in [3.05, 3.63) is 46.0 Å². The van der Waals surface area contributed by atoms with Crippen molar-refractivity contribution in [3.63, 3.8) is 0 Å². The molecule has 2 amide bonds. The molecular formula is C14H15N5O3S. The van der Waals surface area contributed by atoms with Crippen LogP contribution in [0.3, 0.4) is 0 Å². The highest BCUT2D eigenvalue weighted by atomic mass is 32.1. The molecule has 2 heterocycles. The van der Waals surface area contributed by atoms with Gasteiger partial charge in [0.1, 0.15) is 0 Å². The molecular weight excluding hydrogens is 318 g/mol. The van der Waals surface area contributed by atoms with E-state index in [1.54, 1.807) is 34.6 Å². The van der Waals surface area contributed by atoms with E-state index in [0.29, 0.717) is 18.8 Å². The molecule has 8 nitrogen and oxygen atoms in total. The second-order valence-electron chi connectivity index (χ2n) is 5.03. The number of nitrogens with one attached hydrogen (secondary N) is 1. The minimum Gasteiger partial charge on any atom is -0.345 e. The number of benzene rings is 1. The maximum absolute atomic E-state index is 12.3. The number of nitro groups is 1. The number of piperazine rings is 1. The first-order valence-corrected chi connectivity index (χ1v) is 7.96. The van der Waals surface area contributed by atoms with Crippen molar-refractivity contribution in [1.82, 2.24) is 9.88 Å². The van der Waals surface area contributed by atoms with Gasteiger partial charge in [-0.2, -0.15) is 0 Å². The van der Waals surface area contributed by atoms with Gasteiger partial charge in [-0.3, -0.25) is 10.1 Å². The summed E-state index contributed by atoms with van der Waals surface area (Å²) in [6.45, 7) is 2.60. The van der Waals surface area contributed by atoms with Gasteiger partial charge >= 0.3 is 6.03 Å². The Balaban J connectivity index is 1.57. The molecule has 120 valence electrons. The molecule has 2 aromatic rings. The molecule has 1 saturated heterocycles. The third-order valence-corrected chi connectivity index (χ3v) is 4.40. The molecule has 0 radical (unpaired) electrons. The van der Waals surface area contributed by atoms with Crippen LogP contribution in [0.25, 0.3) is 0 Å². The maximum Gasteiger partial charge on any atom is 0.321 e. The van der Waals surface area contributed by atoms with E-state index < -0.39 is 4.92 Å². The van der Waals surface area contributed by atoms with Crippen LogP contribution >= 0.6 is 11.3 Å². The van der Waals surface area contributed by atoms with Crippen molar-refractivity contribution in [2.24, 2.45) is 0 Å². The Morgan fingerprint density at radius 1 is 1.30 bits per heavy atom. The van der Waals surface area contributed by atoms with Crippen LogP contribution in [0.5, 0.6) is 0 Å². The number of carbonyl (C=O) groups excluding carboxylic acids is 1. The van der Waals surface area contributed by atoms with Gasteiger partial charge in [0, 0.05) is 55.6 Å². The molecule has 0 atom stereocenters. The number of urea groups is 1. The monoisotopic (exact) mass is 333 g/mol. The average molecular weight is 333 g/mol. The molecule has 1 fully saturated rings. The van der Waals surface area contributed by atoms with Crippen molar-refractivity contribution < 1.29 is 9.72 Å². The number of hydrogen-bond donors (Lipinski definition) is 1. The van der Waals surface area contributed by atoms with Gasteiger partial charge < -0.3 is 15.1 Å². The number of rotatable bonds is 3. The number of nitrogens with zero attached hydrogens (tertiary/aromatic N) is 4. The first-order valence-electron chi connectivity index (χ1n) is 7.08. The molecule has 9 heteroatoms. The number of aromatic nitrogens is 1. The number of nitro benzene ring substituents is 1. The summed E-state index contributed by atoms with van der Waals surface area (Å²) in [7, 11) is 0. The van der Waals surface area contributed by atoms with Crippen LogP contribution < -0.4 is 10.2 Å². The minimum absolute atomic E-state index is 0.0450. The normalized spacial score (nSPS) is 14.6. The van der Waals surface area contributed by atoms with Gasteiger partial charge in [-0.15, -0.1) is 11.3 Å².